The van der Waals surface area contributed by atoms with Gasteiger partial charge in [0.25, 0.3) is 0 Å². The molecule has 1 aliphatic rings. The molecule has 1 unspecified atom stereocenters. The summed E-state index contributed by atoms with van der Waals surface area (Å²) in [4.78, 5) is 28.1. The lowest BCUT2D eigenvalue weighted by Crippen LogP contribution is -2.70. The van der Waals surface area contributed by atoms with Gasteiger partial charge in [-0.25, -0.2) is 8.42 Å². The van der Waals surface area contributed by atoms with Gasteiger partial charge < -0.3 is 14.8 Å². The minimum Gasteiger partial charge on any atom is -0.497 e. The normalized spacial score (nSPS) is 19.3. The molecule has 33 heavy (non-hydrogen) atoms. The maximum absolute atomic E-state index is 13.5. The third-order valence-electron chi connectivity index (χ3n) is 5.70. The lowest BCUT2D eigenvalue weighted by Gasteiger charge is -2.46. The second kappa shape index (κ2) is 9.40. The van der Waals surface area contributed by atoms with Crippen LogP contribution in [0.2, 0.25) is 0 Å². The summed E-state index contributed by atoms with van der Waals surface area (Å²) in [6, 6.07) is 12.6. The number of ether oxygens (including phenoxy) is 2. The van der Waals surface area contributed by atoms with Gasteiger partial charge in [0.1, 0.15) is 17.0 Å². The molecule has 9 nitrogen and oxygen atoms in total. The fourth-order valence-corrected chi connectivity index (χ4v) is 4.65. The lowest BCUT2D eigenvalue weighted by atomic mass is 9.94. The number of hydrogen-bond donors (Lipinski definition) is 1. The molecule has 0 radical (unpaired) electrons. The van der Waals surface area contributed by atoms with Crippen LogP contribution in [-0.2, 0) is 26.2 Å². The van der Waals surface area contributed by atoms with Crippen molar-refractivity contribution in [1.29, 1.82) is 0 Å². The second-order valence-electron chi connectivity index (χ2n) is 8.24. The lowest BCUT2D eigenvalue weighted by molar-refractivity contribution is -0.133. The Bertz CT molecular complexity index is 1150. The number of hydrogen-bond acceptors (Lipinski definition) is 6. The van der Waals surface area contributed by atoms with E-state index in [-0.39, 0.29) is 19.6 Å². The zero-order valence-corrected chi connectivity index (χ0v) is 20.2. The van der Waals surface area contributed by atoms with E-state index in [1.54, 1.807) is 25.1 Å². The first-order valence-corrected chi connectivity index (χ1v) is 12.2. The Labute approximate surface area is 194 Å². The molecule has 3 rings (SSSR count). The maximum atomic E-state index is 13.5. The summed E-state index contributed by atoms with van der Waals surface area (Å²) in [5.74, 6) is -0.179. The molecular formula is C23H29N3O6S. The smallest absolute Gasteiger partial charge is 0.247 e. The van der Waals surface area contributed by atoms with Crippen LogP contribution in [0.4, 0.5) is 5.69 Å². The largest absolute Gasteiger partial charge is 0.497 e. The fourth-order valence-electron chi connectivity index (χ4n) is 3.82. The van der Waals surface area contributed by atoms with E-state index in [9.17, 15) is 18.0 Å². The van der Waals surface area contributed by atoms with Crippen LogP contribution >= 0.6 is 0 Å². The predicted octanol–water partition coefficient (Wildman–Crippen LogP) is 1.70. The number of piperazine rings is 1. The number of amides is 2. The summed E-state index contributed by atoms with van der Waals surface area (Å²) in [5.41, 5.74) is 0.805. The van der Waals surface area contributed by atoms with Crippen LogP contribution in [0.1, 0.15) is 18.1 Å². The highest BCUT2D eigenvalue weighted by molar-refractivity contribution is 7.88. The number of sulfonamides is 1. The van der Waals surface area contributed by atoms with E-state index in [1.165, 1.54) is 19.1 Å². The summed E-state index contributed by atoms with van der Waals surface area (Å²) in [6.07, 6.45) is 1.02. The van der Waals surface area contributed by atoms with Crippen LogP contribution in [0.25, 0.3) is 0 Å². The van der Waals surface area contributed by atoms with Gasteiger partial charge in [0.15, 0.2) is 0 Å². The number of nitrogens with zero attached hydrogens (tertiary/aromatic N) is 2. The standard InChI is InChI=1S/C23H29N3O6S/c1-16-6-8-17(9-7-16)13-24-22(28)23(2)15-25(33(5,29)30)14-21(27)26(23)19-11-10-18(31-3)12-20(19)32-4/h6-12H,13-15H2,1-5H3,(H,24,28). The maximum Gasteiger partial charge on any atom is 0.247 e. The van der Waals surface area contributed by atoms with Gasteiger partial charge in [0.2, 0.25) is 21.8 Å². The molecule has 0 spiro atoms. The summed E-state index contributed by atoms with van der Waals surface area (Å²) >= 11 is 0. The molecule has 1 aliphatic heterocycles. The van der Waals surface area contributed by atoms with Gasteiger partial charge in [-0.1, -0.05) is 29.8 Å². The van der Waals surface area contributed by atoms with Crippen LogP contribution in [0.3, 0.4) is 0 Å². The van der Waals surface area contributed by atoms with Crippen molar-refractivity contribution in [3.05, 3.63) is 53.6 Å². The van der Waals surface area contributed by atoms with E-state index in [0.29, 0.717) is 17.2 Å². The summed E-state index contributed by atoms with van der Waals surface area (Å²) < 4.78 is 36.3. The first-order chi connectivity index (χ1) is 15.5. The Balaban J connectivity index is 2.01. The van der Waals surface area contributed by atoms with Crippen molar-refractivity contribution < 1.29 is 27.5 Å². The second-order valence-corrected chi connectivity index (χ2v) is 10.2. The number of methoxy groups -OCH3 is 2. The highest BCUT2D eigenvalue weighted by Gasteiger charge is 2.51. The summed E-state index contributed by atoms with van der Waals surface area (Å²) in [7, 11) is -0.757. The quantitative estimate of drug-likeness (QED) is 0.654. The SMILES string of the molecule is COc1ccc(N2C(=O)CN(S(C)(=O)=O)CC2(C)C(=O)NCc2ccc(C)cc2)c(OC)c1. The van der Waals surface area contributed by atoms with Crippen LogP contribution in [-0.4, -0.2) is 63.6 Å². The summed E-state index contributed by atoms with van der Waals surface area (Å²) in [6.45, 7) is 3.17. The minimum absolute atomic E-state index is 0.202. The third kappa shape index (κ3) is 5.12. The van der Waals surface area contributed by atoms with E-state index in [0.717, 1.165) is 21.7 Å². The van der Waals surface area contributed by atoms with Crippen LogP contribution < -0.4 is 19.7 Å². The molecule has 0 aliphatic carbocycles. The molecule has 1 heterocycles. The molecule has 2 amide bonds. The topological polar surface area (TPSA) is 105 Å². The first kappa shape index (κ1) is 24.5. The Morgan fingerprint density at radius 1 is 1.12 bits per heavy atom. The molecule has 2 aromatic carbocycles. The number of aryl methyl sites for hydroxylation is 1. The molecule has 0 bridgehead atoms. The summed E-state index contributed by atoms with van der Waals surface area (Å²) in [5, 5.41) is 2.86. The van der Waals surface area contributed by atoms with Crippen molar-refractivity contribution in [1.82, 2.24) is 9.62 Å². The number of benzene rings is 2. The van der Waals surface area contributed by atoms with E-state index in [2.05, 4.69) is 5.32 Å². The van der Waals surface area contributed by atoms with Gasteiger partial charge >= 0.3 is 0 Å². The van der Waals surface area contributed by atoms with Gasteiger partial charge in [-0.15, -0.1) is 0 Å². The molecule has 10 heteroatoms. The predicted molar refractivity (Wildman–Crippen MR) is 125 cm³/mol. The highest BCUT2D eigenvalue weighted by atomic mass is 32.2. The fraction of sp³-hybridized carbons (Fsp3) is 0.391. The van der Waals surface area contributed by atoms with E-state index >= 15 is 0 Å². The highest BCUT2D eigenvalue weighted by Crippen LogP contribution is 2.38. The Morgan fingerprint density at radius 2 is 1.79 bits per heavy atom. The van der Waals surface area contributed by atoms with E-state index < -0.39 is 27.4 Å². The van der Waals surface area contributed by atoms with Gasteiger partial charge in [-0.3, -0.25) is 14.5 Å². The van der Waals surface area contributed by atoms with Crippen LogP contribution in [0.15, 0.2) is 42.5 Å². The minimum atomic E-state index is -3.71. The van der Waals surface area contributed by atoms with E-state index in [1.807, 2.05) is 31.2 Å². The average molecular weight is 476 g/mol. The van der Waals surface area contributed by atoms with Gasteiger partial charge in [0.05, 0.1) is 32.7 Å². The Morgan fingerprint density at radius 3 is 2.36 bits per heavy atom. The number of rotatable bonds is 7. The number of nitrogens with one attached hydrogen (secondary N) is 1. The van der Waals surface area contributed by atoms with Crippen molar-refractivity contribution in [2.45, 2.75) is 25.9 Å². The number of anilines is 1. The van der Waals surface area contributed by atoms with E-state index in [4.69, 9.17) is 9.47 Å². The van der Waals surface area contributed by atoms with Crippen molar-refractivity contribution in [2.75, 3.05) is 38.5 Å². The van der Waals surface area contributed by atoms with Crippen molar-refractivity contribution in [3.8, 4) is 11.5 Å². The molecule has 0 saturated carbocycles. The Hall–Kier alpha value is -3.11. The molecule has 2 aromatic rings. The number of carbonyl (C=O) groups excluding carboxylic acids is 2. The average Bonchev–Trinajstić information content (AvgIpc) is 2.77. The van der Waals surface area contributed by atoms with Crippen LogP contribution in [0.5, 0.6) is 11.5 Å². The van der Waals surface area contributed by atoms with Crippen molar-refractivity contribution >= 4 is 27.5 Å². The third-order valence-corrected chi connectivity index (χ3v) is 6.89. The Kier molecular flexibility index (Phi) is 6.99. The molecule has 1 fully saturated rings. The van der Waals surface area contributed by atoms with Gasteiger partial charge in [-0.05, 0) is 31.5 Å². The molecule has 1 atom stereocenters. The zero-order valence-electron chi connectivity index (χ0n) is 19.4. The molecular weight excluding hydrogens is 446 g/mol. The first-order valence-electron chi connectivity index (χ1n) is 10.3. The monoisotopic (exact) mass is 475 g/mol. The molecule has 1 saturated heterocycles. The zero-order chi connectivity index (χ0) is 24.4. The van der Waals surface area contributed by atoms with Crippen LogP contribution in [0, 0.1) is 6.92 Å². The van der Waals surface area contributed by atoms with Crippen molar-refractivity contribution in [3.63, 3.8) is 0 Å². The molecule has 1 N–H and O–H groups in total. The molecule has 0 aromatic heterocycles. The number of carbonyl (C=O) groups is 2. The van der Waals surface area contributed by atoms with Gasteiger partial charge in [0, 0.05) is 19.2 Å². The van der Waals surface area contributed by atoms with Crippen molar-refractivity contribution in [2.24, 2.45) is 0 Å². The molecule has 178 valence electrons. The van der Waals surface area contributed by atoms with Gasteiger partial charge in [-0.2, -0.15) is 4.31 Å².